The molecule has 27 heavy (non-hydrogen) atoms. The van der Waals surface area contributed by atoms with Crippen molar-refractivity contribution in [2.24, 2.45) is 0 Å². The van der Waals surface area contributed by atoms with Crippen molar-refractivity contribution in [2.45, 2.75) is 18.7 Å². The lowest BCUT2D eigenvalue weighted by Crippen LogP contribution is -2.05. The van der Waals surface area contributed by atoms with Crippen molar-refractivity contribution in [2.75, 3.05) is 6.26 Å². The summed E-state index contributed by atoms with van der Waals surface area (Å²) in [5.74, 6) is -2.09. The fourth-order valence-electron chi connectivity index (χ4n) is 2.86. The second kappa shape index (κ2) is 6.59. The van der Waals surface area contributed by atoms with Crippen LogP contribution in [0, 0.1) is 36.8 Å². The predicted molar refractivity (Wildman–Crippen MR) is 94.6 cm³/mol. The Kier molecular flexibility index (Phi) is 4.57. The first-order chi connectivity index (χ1) is 12.6. The molecule has 0 unspecified atom stereocenters. The van der Waals surface area contributed by atoms with E-state index in [9.17, 15) is 22.5 Å². The van der Waals surface area contributed by atoms with Gasteiger partial charge in [-0.2, -0.15) is 5.26 Å². The lowest BCUT2D eigenvalue weighted by molar-refractivity contribution is 0.400. The van der Waals surface area contributed by atoms with Crippen LogP contribution in [0.25, 0.3) is 22.4 Å². The Balaban J connectivity index is 2.24. The molecule has 138 valence electrons. The molecule has 0 aliphatic rings. The Bertz CT molecular complexity index is 1190. The van der Waals surface area contributed by atoms with Crippen LogP contribution in [0.4, 0.5) is 8.78 Å². The third-order valence-corrected chi connectivity index (χ3v) is 5.28. The van der Waals surface area contributed by atoms with Gasteiger partial charge in [-0.05, 0) is 43.2 Å². The summed E-state index contributed by atoms with van der Waals surface area (Å²) >= 11 is 0. The zero-order valence-corrected chi connectivity index (χ0v) is 15.5. The molecular formula is C19H14F2N2O3S. The molecule has 0 radical (unpaired) electrons. The van der Waals surface area contributed by atoms with Gasteiger partial charge in [-0.25, -0.2) is 17.2 Å². The van der Waals surface area contributed by atoms with Gasteiger partial charge in [0.15, 0.2) is 9.84 Å². The van der Waals surface area contributed by atoms with Gasteiger partial charge in [-0.3, -0.25) is 0 Å². The minimum absolute atomic E-state index is 0.0882. The highest BCUT2D eigenvalue weighted by Gasteiger charge is 2.24. The van der Waals surface area contributed by atoms with Crippen LogP contribution in [0.2, 0.25) is 0 Å². The molecule has 0 aliphatic heterocycles. The van der Waals surface area contributed by atoms with Crippen LogP contribution in [0.15, 0.2) is 39.8 Å². The van der Waals surface area contributed by atoms with Gasteiger partial charge in [-0.1, -0.05) is 17.3 Å². The monoisotopic (exact) mass is 388 g/mol. The molecule has 0 N–H and O–H groups in total. The van der Waals surface area contributed by atoms with Crippen LogP contribution >= 0.6 is 0 Å². The van der Waals surface area contributed by atoms with Crippen LogP contribution in [0.1, 0.15) is 16.9 Å². The van der Waals surface area contributed by atoms with Crippen molar-refractivity contribution in [3.05, 3.63) is 58.9 Å². The van der Waals surface area contributed by atoms with Gasteiger partial charge < -0.3 is 4.52 Å². The van der Waals surface area contributed by atoms with E-state index < -0.39 is 26.4 Å². The number of rotatable bonds is 3. The van der Waals surface area contributed by atoms with E-state index in [2.05, 4.69) is 11.2 Å². The maximum absolute atomic E-state index is 14.3. The summed E-state index contributed by atoms with van der Waals surface area (Å²) in [6.07, 6.45) is 0.736. The summed E-state index contributed by atoms with van der Waals surface area (Å²) in [7, 11) is -4.06. The van der Waals surface area contributed by atoms with Crippen molar-refractivity contribution in [1.82, 2.24) is 5.16 Å². The lowest BCUT2D eigenvalue weighted by Gasteiger charge is -2.08. The van der Waals surface area contributed by atoms with Gasteiger partial charge in [0.2, 0.25) is 0 Å². The molecule has 0 atom stereocenters. The molecule has 5 nitrogen and oxygen atoms in total. The fraction of sp³-hybridized carbons (Fsp3) is 0.158. The Morgan fingerprint density at radius 1 is 1.07 bits per heavy atom. The quantitative estimate of drug-likeness (QED) is 0.672. The molecule has 8 heteroatoms. The van der Waals surface area contributed by atoms with Gasteiger partial charge in [0.25, 0.3) is 0 Å². The highest BCUT2D eigenvalue weighted by Crippen LogP contribution is 2.36. The van der Waals surface area contributed by atoms with Crippen LogP contribution in [-0.4, -0.2) is 19.8 Å². The molecule has 0 amide bonds. The minimum Gasteiger partial charge on any atom is -0.360 e. The number of halogens is 2. The van der Waals surface area contributed by atoms with E-state index in [1.165, 1.54) is 0 Å². The average Bonchev–Trinajstić information content (AvgIpc) is 2.95. The molecule has 3 aromatic rings. The van der Waals surface area contributed by atoms with Gasteiger partial charge in [0, 0.05) is 11.8 Å². The molecule has 0 spiro atoms. The highest BCUT2D eigenvalue weighted by atomic mass is 32.2. The molecule has 0 fully saturated rings. The summed E-state index contributed by atoms with van der Waals surface area (Å²) in [5, 5.41) is 13.2. The fourth-order valence-corrected chi connectivity index (χ4v) is 3.68. The SMILES string of the molecule is Cc1ccc(-c2noc(C)c2-c2cc(F)c(S(C)(=O)=O)c(F)c2)cc1C#N. The topological polar surface area (TPSA) is 84.0 Å². The van der Waals surface area contributed by atoms with Crippen molar-refractivity contribution >= 4 is 9.84 Å². The Hall–Kier alpha value is -3.05. The second-order valence-electron chi connectivity index (χ2n) is 6.15. The number of hydrogen-bond donors (Lipinski definition) is 0. The largest absolute Gasteiger partial charge is 0.360 e. The normalized spacial score (nSPS) is 11.4. The smallest absolute Gasteiger partial charge is 0.181 e. The zero-order chi connectivity index (χ0) is 19.9. The maximum atomic E-state index is 14.3. The lowest BCUT2D eigenvalue weighted by atomic mass is 9.97. The Labute approximate surface area is 154 Å². The summed E-state index contributed by atoms with van der Waals surface area (Å²) in [5.41, 5.74) is 2.46. The molecule has 3 rings (SSSR count). The number of aryl methyl sites for hydroxylation is 2. The van der Waals surface area contributed by atoms with E-state index in [4.69, 9.17) is 4.52 Å². The highest BCUT2D eigenvalue weighted by molar-refractivity contribution is 7.90. The molecule has 1 heterocycles. The van der Waals surface area contributed by atoms with E-state index in [1.54, 1.807) is 32.0 Å². The molecule has 0 aliphatic carbocycles. The number of nitriles is 1. The number of nitrogens with zero attached hydrogens (tertiary/aromatic N) is 2. The summed E-state index contributed by atoms with van der Waals surface area (Å²) in [4.78, 5) is -0.982. The van der Waals surface area contributed by atoms with Crippen LogP contribution in [0.3, 0.4) is 0 Å². The first-order valence-electron chi connectivity index (χ1n) is 7.80. The number of aromatic nitrogens is 1. The Morgan fingerprint density at radius 3 is 2.26 bits per heavy atom. The van der Waals surface area contributed by atoms with Crippen molar-refractivity contribution < 1.29 is 21.7 Å². The summed E-state index contributed by atoms with van der Waals surface area (Å²) in [6, 6.07) is 8.99. The second-order valence-corrected chi connectivity index (χ2v) is 8.10. The van der Waals surface area contributed by atoms with E-state index in [1.807, 2.05) is 0 Å². The maximum Gasteiger partial charge on any atom is 0.181 e. The predicted octanol–water partition coefficient (Wildman–Crippen LogP) is 4.18. The molecule has 0 saturated heterocycles. The number of benzene rings is 2. The first kappa shape index (κ1) is 18.7. The van der Waals surface area contributed by atoms with Crippen LogP contribution in [0.5, 0.6) is 0 Å². The van der Waals surface area contributed by atoms with Crippen molar-refractivity contribution in [1.29, 1.82) is 5.26 Å². The van der Waals surface area contributed by atoms with Gasteiger partial charge in [0.1, 0.15) is 28.0 Å². The van der Waals surface area contributed by atoms with Crippen molar-refractivity contribution in [3.8, 4) is 28.5 Å². The van der Waals surface area contributed by atoms with Crippen LogP contribution < -0.4 is 0 Å². The van der Waals surface area contributed by atoms with Crippen molar-refractivity contribution in [3.63, 3.8) is 0 Å². The third-order valence-electron chi connectivity index (χ3n) is 4.15. The van der Waals surface area contributed by atoms with E-state index >= 15 is 0 Å². The number of sulfone groups is 1. The van der Waals surface area contributed by atoms with Gasteiger partial charge >= 0.3 is 0 Å². The molecular weight excluding hydrogens is 374 g/mol. The number of hydrogen-bond acceptors (Lipinski definition) is 5. The van der Waals surface area contributed by atoms with Crippen LogP contribution in [-0.2, 0) is 9.84 Å². The van der Waals surface area contributed by atoms with E-state index in [0.29, 0.717) is 28.1 Å². The third kappa shape index (κ3) is 3.34. The van der Waals surface area contributed by atoms with E-state index in [0.717, 1.165) is 24.0 Å². The first-order valence-corrected chi connectivity index (χ1v) is 9.69. The standard InChI is InChI=1S/C19H14F2N2O3S/c1-10-4-5-12(6-14(10)9-22)18-17(11(2)26-23-18)13-7-15(20)19(16(21)8-13)27(3,24)25/h4-8H,1-3H3. The average molecular weight is 388 g/mol. The summed E-state index contributed by atoms with van der Waals surface area (Å²) < 4.78 is 57.0. The minimum atomic E-state index is -4.06. The molecule has 1 aromatic heterocycles. The Morgan fingerprint density at radius 2 is 1.70 bits per heavy atom. The zero-order valence-electron chi connectivity index (χ0n) is 14.7. The van der Waals surface area contributed by atoms with Gasteiger partial charge in [-0.15, -0.1) is 0 Å². The molecule has 2 aromatic carbocycles. The summed E-state index contributed by atoms with van der Waals surface area (Å²) in [6.45, 7) is 3.36. The van der Waals surface area contributed by atoms with E-state index in [-0.39, 0.29) is 5.56 Å². The van der Waals surface area contributed by atoms with Gasteiger partial charge in [0.05, 0.1) is 17.2 Å². The molecule has 0 bridgehead atoms. The molecule has 0 saturated carbocycles.